The SMILES string of the molecule is CCCN(CCCC(=O)c1cc(C(=O)C(=O)O)ccc1-c1cc(C)cc(I)c1)c1ccc(C(F)(F)F)cc1. The maximum atomic E-state index is 13.4. The molecule has 0 aromatic heterocycles. The topological polar surface area (TPSA) is 74.7 Å². The van der Waals surface area contributed by atoms with Crippen molar-refractivity contribution in [3.63, 3.8) is 0 Å². The number of nitrogens with zero attached hydrogens (tertiary/aromatic N) is 1. The number of rotatable bonds is 11. The molecule has 3 aromatic carbocycles. The van der Waals surface area contributed by atoms with Crippen molar-refractivity contribution >= 4 is 45.8 Å². The molecule has 0 heterocycles. The third-order valence-electron chi connectivity index (χ3n) is 6.01. The lowest BCUT2D eigenvalue weighted by molar-refractivity contribution is -0.137. The zero-order valence-electron chi connectivity index (χ0n) is 20.9. The van der Waals surface area contributed by atoms with Gasteiger partial charge in [-0.2, -0.15) is 13.2 Å². The monoisotopic (exact) mass is 637 g/mol. The summed E-state index contributed by atoms with van der Waals surface area (Å²) >= 11 is 2.18. The Labute approximate surface area is 232 Å². The molecule has 0 fully saturated rings. The number of alkyl halides is 3. The molecule has 5 nitrogen and oxygen atoms in total. The first-order valence-corrected chi connectivity index (χ1v) is 13.1. The molecule has 0 atom stereocenters. The van der Waals surface area contributed by atoms with Crippen LogP contribution in [0.25, 0.3) is 11.1 Å². The Balaban J connectivity index is 1.84. The number of benzene rings is 3. The van der Waals surface area contributed by atoms with Crippen molar-refractivity contribution < 1.29 is 32.7 Å². The molecule has 3 rings (SSSR count). The smallest absolute Gasteiger partial charge is 0.416 e. The van der Waals surface area contributed by atoms with Crippen LogP contribution in [0.15, 0.2) is 60.7 Å². The van der Waals surface area contributed by atoms with E-state index in [2.05, 4.69) is 22.6 Å². The van der Waals surface area contributed by atoms with Crippen molar-refractivity contribution in [2.75, 3.05) is 18.0 Å². The molecule has 0 saturated carbocycles. The van der Waals surface area contributed by atoms with Gasteiger partial charge in [-0.1, -0.05) is 25.1 Å². The zero-order valence-corrected chi connectivity index (χ0v) is 23.1. The number of halogens is 4. The third-order valence-corrected chi connectivity index (χ3v) is 6.64. The van der Waals surface area contributed by atoms with E-state index >= 15 is 0 Å². The van der Waals surface area contributed by atoms with Crippen LogP contribution < -0.4 is 4.90 Å². The molecule has 0 aliphatic heterocycles. The molecule has 0 spiro atoms. The molecule has 1 N–H and O–H groups in total. The second-order valence-corrected chi connectivity index (χ2v) is 10.2. The number of carbonyl (C=O) groups excluding carboxylic acids is 2. The van der Waals surface area contributed by atoms with Crippen LogP contribution in [-0.2, 0) is 11.0 Å². The number of carboxylic acid groups (broad SMARTS) is 1. The number of carboxylic acids is 1. The lowest BCUT2D eigenvalue weighted by Gasteiger charge is -2.25. The van der Waals surface area contributed by atoms with Gasteiger partial charge in [0.2, 0.25) is 0 Å². The summed E-state index contributed by atoms with van der Waals surface area (Å²) in [5, 5.41) is 9.14. The van der Waals surface area contributed by atoms with E-state index in [4.69, 9.17) is 5.11 Å². The number of anilines is 1. The van der Waals surface area contributed by atoms with Gasteiger partial charge in [-0.3, -0.25) is 9.59 Å². The lowest BCUT2D eigenvalue weighted by Crippen LogP contribution is -2.26. The van der Waals surface area contributed by atoms with Crippen LogP contribution in [0.5, 0.6) is 0 Å². The van der Waals surface area contributed by atoms with Crippen LogP contribution >= 0.6 is 22.6 Å². The van der Waals surface area contributed by atoms with Gasteiger partial charge in [-0.05, 0) is 102 Å². The third kappa shape index (κ3) is 7.43. The molecule has 9 heteroatoms. The lowest BCUT2D eigenvalue weighted by atomic mass is 9.92. The Morgan fingerprint density at radius 2 is 1.63 bits per heavy atom. The predicted molar refractivity (Wildman–Crippen MR) is 149 cm³/mol. The first kappa shape index (κ1) is 29.3. The molecule has 0 unspecified atom stereocenters. The molecule has 0 radical (unpaired) electrons. The summed E-state index contributed by atoms with van der Waals surface area (Å²) < 4.78 is 39.8. The quantitative estimate of drug-likeness (QED) is 0.135. The van der Waals surface area contributed by atoms with Gasteiger partial charge in [-0.15, -0.1) is 0 Å². The van der Waals surface area contributed by atoms with Crippen LogP contribution in [0.3, 0.4) is 0 Å². The van der Waals surface area contributed by atoms with Crippen molar-refractivity contribution in [2.24, 2.45) is 0 Å². The fourth-order valence-electron chi connectivity index (χ4n) is 4.25. The van der Waals surface area contributed by atoms with E-state index in [0.717, 1.165) is 33.3 Å². The van der Waals surface area contributed by atoms with E-state index in [0.29, 0.717) is 30.8 Å². The van der Waals surface area contributed by atoms with Gasteiger partial charge < -0.3 is 10.0 Å². The molecule has 0 aliphatic rings. The van der Waals surface area contributed by atoms with E-state index < -0.39 is 23.5 Å². The van der Waals surface area contributed by atoms with Gasteiger partial charge in [0.25, 0.3) is 5.78 Å². The standard InChI is InChI=1S/C29H27F3INO4/c1-3-12-34(23-9-7-21(8-10-23)29(30,31)32)13-4-5-26(35)25-17-19(27(36)28(37)38)6-11-24(25)20-14-18(2)15-22(33)16-20/h6-11,14-17H,3-5,12-13H2,1-2H3,(H,37,38). The molecule has 3 aromatic rings. The number of aliphatic carboxylic acids is 1. The Hall–Kier alpha value is -3.21. The Bertz CT molecular complexity index is 1320. The summed E-state index contributed by atoms with van der Waals surface area (Å²) in [5.41, 5.74) is 2.47. The van der Waals surface area contributed by atoms with Crippen LogP contribution in [-0.4, -0.2) is 35.7 Å². The second-order valence-electron chi connectivity index (χ2n) is 8.97. The summed E-state index contributed by atoms with van der Waals surface area (Å²) in [4.78, 5) is 38.7. The fraction of sp³-hybridized carbons (Fsp3) is 0.276. The maximum Gasteiger partial charge on any atom is 0.416 e. The predicted octanol–water partition coefficient (Wildman–Crippen LogP) is 7.43. The average molecular weight is 637 g/mol. The highest BCUT2D eigenvalue weighted by atomic mass is 127. The van der Waals surface area contributed by atoms with E-state index in [-0.39, 0.29) is 23.3 Å². The fourth-order valence-corrected chi connectivity index (χ4v) is 5.08. The molecule has 0 saturated heterocycles. The first-order valence-electron chi connectivity index (χ1n) is 12.1. The minimum atomic E-state index is -4.41. The highest BCUT2D eigenvalue weighted by Gasteiger charge is 2.30. The Morgan fingerprint density at radius 3 is 2.21 bits per heavy atom. The molecule has 0 amide bonds. The summed E-state index contributed by atoms with van der Waals surface area (Å²) in [6, 6.07) is 15.1. The number of Topliss-reactive ketones (excluding diaryl/α,β-unsaturated/α-hetero) is 2. The molecule has 38 heavy (non-hydrogen) atoms. The van der Waals surface area contributed by atoms with Crippen LogP contribution in [0.2, 0.25) is 0 Å². The van der Waals surface area contributed by atoms with Gasteiger partial charge >= 0.3 is 12.1 Å². The number of aryl methyl sites for hydroxylation is 1. The van der Waals surface area contributed by atoms with Gasteiger partial charge in [0.15, 0.2) is 5.78 Å². The Morgan fingerprint density at radius 1 is 0.947 bits per heavy atom. The van der Waals surface area contributed by atoms with E-state index in [1.807, 2.05) is 36.9 Å². The summed E-state index contributed by atoms with van der Waals surface area (Å²) in [5.74, 6) is -2.95. The normalized spacial score (nSPS) is 11.3. The van der Waals surface area contributed by atoms with Gasteiger partial charge in [0.1, 0.15) is 0 Å². The number of hydrogen-bond acceptors (Lipinski definition) is 4. The molecule has 0 aliphatic carbocycles. The molecule has 0 bridgehead atoms. The van der Waals surface area contributed by atoms with Crippen LogP contribution in [0, 0.1) is 10.5 Å². The summed E-state index contributed by atoms with van der Waals surface area (Å²) in [6.45, 7) is 4.94. The van der Waals surface area contributed by atoms with Crippen molar-refractivity contribution in [1.82, 2.24) is 0 Å². The van der Waals surface area contributed by atoms with Gasteiger partial charge in [0, 0.05) is 39.9 Å². The van der Waals surface area contributed by atoms with Crippen molar-refractivity contribution in [1.29, 1.82) is 0 Å². The highest BCUT2D eigenvalue weighted by molar-refractivity contribution is 14.1. The average Bonchev–Trinajstić information content (AvgIpc) is 2.86. The van der Waals surface area contributed by atoms with Crippen molar-refractivity contribution in [3.8, 4) is 11.1 Å². The minimum Gasteiger partial charge on any atom is -0.475 e. The number of carbonyl (C=O) groups is 3. The second kappa shape index (κ2) is 12.6. The first-order chi connectivity index (χ1) is 17.9. The number of hydrogen-bond donors (Lipinski definition) is 1. The van der Waals surface area contributed by atoms with Crippen LogP contribution in [0.4, 0.5) is 18.9 Å². The van der Waals surface area contributed by atoms with E-state index in [1.54, 1.807) is 6.07 Å². The maximum absolute atomic E-state index is 13.4. The van der Waals surface area contributed by atoms with Gasteiger partial charge in [-0.25, -0.2) is 4.79 Å². The molecular weight excluding hydrogens is 610 g/mol. The minimum absolute atomic E-state index is 0.0793. The molecular formula is C29H27F3INO4. The largest absolute Gasteiger partial charge is 0.475 e. The highest BCUT2D eigenvalue weighted by Crippen LogP contribution is 2.31. The van der Waals surface area contributed by atoms with Crippen molar-refractivity contribution in [3.05, 3.63) is 86.5 Å². The van der Waals surface area contributed by atoms with E-state index in [1.165, 1.54) is 24.3 Å². The zero-order chi connectivity index (χ0) is 28.0. The number of ketones is 2. The van der Waals surface area contributed by atoms with Gasteiger partial charge in [0.05, 0.1) is 5.56 Å². The van der Waals surface area contributed by atoms with Crippen LogP contribution in [0.1, 0.15) is 58.0 Å². The summed E-state index contributed by atoms with van der Waals surface area (Å²) in [7, 11) is 0. The van der Waals surface area contributed by atoms with E-state index in [9.17, 15) is 27.6 Å². The summed E-state index contributed by atoms with van der Waals surface area (Å²) in [6.07, 6.45) is -3.11. The van der Waals surface area contributed by atoms with Crippen molar-refractivity contribution in [2.45, 2.75) is 39.3 Å². The molecule has 200 valence electrons. The Kier molecular flexibility index (Phi) is 9.70.